The first-order valence-corrected chi connectivity index (χ1v) is 18.3. The van der Waals surface area contributed by atoms with Gasteiger partial charge in [-0.05, 0) is 42.2 Å². The molecule has 60 heavy (non-hydrogen) atoms. The van der Waals surface area contributed by atoms with Crippen LogP contribution in [0.4, 0.5) is 4.39 Å². The summed E-state index contributed by atoms with van der Waals surface area (Å²) in [5.41, 5.74) is 6.86. The number of hydrogen-bond acceptors (Lipinski definition) is 10. The van der Waals surface area contributed by atoms with Crippen LogP contribution in [0.15, 0.2) is 54.7 Å². The van der Waals surface area contributed by atoms with Gasteiger partial charge < -0.3 is 57.9 Å². The third-order valence-corrected chi connectivity index (χ3v) is 8.80. The molecule has 2 aromatic carbocycles. The number of benzene rings is 2. The zero-order valence-electron chi connectivity index (χ0n) is 32.1. The summed E-state index contributed by atoms with van der Waals surface area (Å²) in [6, 6.07) is 4.23. The van der Waals surface area contributed by atoms with Crippen molar-refractivity contribution in [3.63, 3.8) is 0 Å². The average Bonchev–Trinajstić information content (AvgIpc) is 3.58. The van der Waals surface area contributed by atoms with Crippen LogP contribution in [0.25, 0.3) is 10.9 Å². The van der Waals surface area contributed by atoms with E-state index in [1.165, 1.54) is 12.1 Å². The Morgan fingerprint density at radius 1 is 0.667 bits per heavy atom. The van der Waals surface area contributed by atoms with Crippen molar-refractivity contribution in [3.05, 3.63) is 71.7 Å². The molecule has 0 bridgehead atoms. The van der Waals surface area contributed by atoms with Gasteiger partial charge in [0, 0.05) is 49.7 Å². The molecule has 1 unspecified atom stereocenters. The number of fused-ring (bicyclic) bond motifs is 1. The number of amides is 7. The molecule has 3 rings (SSSR count). The van der Waals surface area contributed by atoms with Gasteiger partial charge in [-0.2, -0.15) is 0 Å². The molecule has 0 saturated carbocycles. The molecule has 0 radical (unpaired) electrons. The number of carbonyl (C=O) groups excluding carboxylic acids is 7. The number of carboxylic acid groups (broad SMARTS) is 3. The van der Waals surface area contributed by atoms with Crippen molar-refractivity contribution in [1.82, 2.24) is 36.9 Å². The normalized spacial score (nSPS) is 13.3. The predicted molar refractivity (Wildman–Crippen MR) is 206 cm³/mol. The number of primary amides is 1. The summed E-state index contributed by atoms with van der Waals surface area (Å²) in [6.45, 7) is 0.138. The largest absolute Gasteiger partial charge is 0.481 e. The highest BCUT2D eigenvalue weighted by molar-refractivity contribution is 5.97. The number of carboxylic acids is 3. The molecular weight excluding hydrogens is 795 g/mol. The number of nitrogens with two attached hydrogens (primary N) is 1. The van der Waals surface area contributed by atoms with E-state index in [0.29, 0.717) is 16.5 Å². The Morgan fingerprint density at radius 2 is 1.25 bits per heavy atom. The third-order valence-electron chi connectivity index (χ3n) is 8.80. The molecule has 322 valence electrons. The van der Waals surface area contributed by atoms with E-state index in [2.05, 4.69) is 36.9 Å². The third kappa shape index (κ3) is 15.5. The van der Waals surface area contributed by atoms with Crippen molar-refractivity contribution in [3.8, 4) is 0 Å². The highest BCUT2D eigenvalue weighted by atomic mass is 19.1. The minimum absolute atomic E-state index is 0.193. The fraction of sp³-hybridized carbons (Fsp3) is 0.368. The molecule has 1 aromatic heterocycles. The van der Waals surface area contributed by atoms with Gasteiger partial charge in [-0.15, -0.1) is 0 Å². The van der Waals surface area contributed by atoms with Crippen molar-refractivity contribution in [2.45, 2.75) is 82.1 Å². The molecule has 0 spiro atoms. The number of para-hydroxylation sites is 1. The molecule has 0 aliphatic rings. The van der Waals surface area contributed by atoms with Gasteiger partial charge in [-0.25, -0.2) is 4.39 Å². The topological polar surface area (TPSA) is 345 Å². The van der Waals surface area contributed by atoms with Gasteiger partial charge in [0.15, 0.2) is 0 Å². The summed E-state index contributed by atoms with van der Waals surface area (Å²) in [4.78, 5) is 127. The highest BCUT2D eigenvalue weighted by Gasteiger charge is 2.32. The Morgan fingerprint density at radius 3 is 1.85 bits per heavy atom. The van der Waals surface area contributed by atoms with Gasteiger partial charge in [0.2, 0.25) is 41.4 Å². The lowest BCUT2D eigenvalue weighted by molar-refractivity contribution is -0.141. The van der Waals surface area contributed by atoms with Crippen molar-refractivity contribution >= 4 is 70.2 Å². The lowest BCUT2D eigenvalue weighted by Crippen LogP contribution is -2.58. The van der Waals surface area contributed by atoms with E-state index in [1.54, 1.807) is 30.5 Å². The fourth-order valence-electron chi connectivity index (χ4n) is 5.91. The Balaban J connectivity index is 1.86. The van der Waals surface area contributed by atoms with Gasteiger partial charge >= 0.3 is 17.9 Å². The first kappa shape index (κ1) is 47.0. The van der Waals surface area contributed by atoms with E-state index in [-0.39, 0.29) is 24.8 Å². The zero-order chi connectivity index (χ0) is 44.5. The van der Waals surface area contributed by atoms with Crippen molar-refractivity contribution in [2.75, 3.05) is 6.54 Å². The van der Waals surface area contributed by atoms with E-state index in [9.17, 15) is 57.4 Å². The van der Waals surface area contributed by atoms with Crippen molar-refractivity contribution < 1.29 is 67.7 Å². The van der Waals surface area contributed by atoms with E-state index < -0.39 is 128 Å². The van der Waals surface area contributed by atoms with Crippen LogP contribution in [0.1, 0.15) is 50.2 Å². The Kier molecular flexibility index (Phi) is 17.6. The second-order valence-corrected chi connectivity index (χ2v) is 13.5. The Labute approximate surface area is 340 Å². The van der Waals surface area contributed by atoms with Crippen LogP contribution in [0, 0.1) is 5.82 Å². The number of aromatic nitrogens is 1. The molecule has 1 heterocycles. The lowest BCUT2D eigenvalue weighted by Gasteiger charge is -2.25. The number of nitrogens with one attached hydrogen (secondary N) is 7. The van der Waals surface area contributed by atoms with Crippen molar-refractivity contribution in [2.24, 2.45) is 5.73 Å². The molecule has 0 aliphatic heterocycles. The van der Waals surface area contributed by atoms with Gasteiger partial charge in [0.1, 0.15) is 36.0 Å². The smallest absolute Gasteiger partial charge is 0.305 e. The minimum atomic E-state index is -1.64. The van der Waals surface area contributed by atoms with Gasteiger partial charge in [0.25, 0.3) is 0 Å². The average molecular weight is 841 g/mol. The van der Waals surface area contributed by atoms with Gasteiger partial charge in [-0.3, -0.25) is 47.9 Å². The number of aliphatic carboxylic acids is 3. The van der Waals surface area contributed by atoms with E-state index >= 15 is 0 Å². The molecule has 12 N–H and O–H groups in total. The standard InChI is InChI=1S/C38H45FN8O13/c1-19(48)43-29(16-33(54)55)38(60)46-26(10-12-32(52)53)35(57)42-18-30(49)44-27(14-20-5-4-6-22(39)13-20)36(58)47-28(15-21-17-41-24-8-3-2-7-23(21)24)37(59)45-25(34(40)56)9-11-31(50)51/h2-8,13,17,25-29,41H,9-12,14-16,18H2,1H3,(H2,40,56)(H,42,57)(H,43,48)(H,44,49)(H,45,59)(H,46,60)(H,47,58)(H,50,51)(H,52,53)(H,54,55)/t25-,26-,27-,28?,29+/m0/s1. The predicted octanol–water partition coefficient (Wildman–Crippen LogP) is -1.66. The van der Waals surface area contributed by atoms with Gasteiger partial charge in [-0.1, -0.05) is 30.3 Å². The second kappa shape index (κ2) is 22.5. The van der Waals surface area contributed by atoms with E-state index in [1.807, 2.05) is 0 Å². The maximum atomic E-state index is 14.2. The first-order chi connectivity index (χ1) is 28.3. The maximum absolute atomic E-state index is 14.2. The Hall–Kier alpha value is -7.39. The van der Waals surface area contributed by atoms with Crippen LogP contribution in [0.3, 0.4) is 0 Å². The monoisotopic (exact) mass is 840 g/mol. The quantitative estimate of drug-likeness (QED) is 0.0482. The summed E-state index contributed by atoms with van der Waals surface area (Å²) in [6.07, 6.45) is -1.92. The molecule has 0 fully saturated rings. The molecule has 7 amide bonds. The molecule has 3 aromatic rings. The van der Waals surface area contributed by atoms with Crippen LogP contribution < -0.4 is 37.6 Å². The van der Waals surface area contributed by atoms with Crippen LogP contribution in [0.5, 0.6) is 0 Å². The van der Waals surface area contributed by atoms with Crippen molar-refractivity contribution in [1.29, 1.82) is 0 Å². The molecule has 0 saturated heterocycles. The van der Waals surface area contributed by atoms with E-state index in [4.69, 9.17) is 15.9 Å². The molecule has 5 atom stereocenters. The summed E-state index contributed by atoms with van der Waals surface area (Å²) in [5, 5.41) is 41.9. The first-order valence-electron chi connectivity index (χ1n) is 18.3. The number of rotatable bonds is 24. The molecule has 21 nitrogen and oxygen atoms in total. The molecular formula is C38H45FN8O13. The summed E-state index contributed by atoms with van der Waals surface area (Å²) >= 11 is 0. The highest BCUT2D eigenvalue weighted by Crippen LogP contribution is 2.20. The van der Waals surface area contributed by atoms with Crippen LogP contribution >= 0.6 is 0 Å². The fourth-order valence-corrected chi connectivity index (χ4v) is 5.91. The molecule has 0 aliphatic carbocycles. The zero-order valence-corrected chi connectivity index (χ0v) is 32.1. The second-order valence-electron chi connectivity index (χ2n) is 13.5. The maximum Gasteiger partial charge on any atom is 0.305 e. The SMILES string of the molecule is CC(=O)N[C@H](CC(=O)O)C(=O)N[C@@H](CCC(=O)O)C(=O)NCC(=O)N[C@@H](Cc1cccc(F)c1)C(=O)NC(Cc1c[nH]c2ccccc12)C(=O)N[C@@H](CCC(=O)O)C(N)=O. The van der Waals surface area contributed by atoms with Crippen LogP contribution in [-0.2, 0) is 60.8 Å². The molecule has 22 heteroatoms. The number of H-pyrrole nitrogens is 1. The summed E-state index contributed by atoms with van der Waals surface area (Å²) in [5.74, 6) is -11.8. The number of carbonyl (C=O) groups is 10. The number of aromatic amines is 1. The van der Waals surface area contributed by atoms with Gasteiger partial charge in [0.05, 0.1) is 13.0 Å². The summed E-state index contributed by atoms with van der Waals surface area (Å²) in [7, 11) is 0. The Bertz CT molecular complexity index is 2090. The lowest BCUT2D eigenvalue weighted by atomic mass is 10.0. The summed E-state index contributed by atoms with van der Waals surface area (Å²) < 4.78 is 14.2. The minimum Gasteiger partial charge on any atom is -0.481 e. The van der Waals surface area contributed by atoms with Crippen LogP contribution in [-0.4, -0.2) is 116 Å². The number of halogens is 1. The number of hydrogen-bond donors (Lipinski definition) is 11. The van der Waals surface area contributed by atoms with Crippen LogP contribution in [0.2, 0.25) is 0 Å². The van der Waals surface area contributed by atoms with E-state index in [0.717, 1.165) is 19.1 Å².